The van der Waals surface area contributed by atoms with Gasteiger partial charge in [0.15, 0.2) is 0 Å². The van der Waals surface area contributed by atoms with Gasteiger partial charge in [-0.2, -0.15) is 5.26 Å². The molecule has 1 aromatic rings. The molecule has 0 aliphatic heterocycles. The highest BCUT2D eigenvalue weighted by atomic mass is 16.5. The van der Waals surface area contributed by atoms with Crippen molar-refractivity contribution < 1.29 is 14.3 Å². The van der Waals surface area contributed by atoms with E-state index in [0.717, 1.165) is 0 Å². The Kier molecular flexibility index (Phi) is 4.98. The second kappa shape index (κ2) is 6.51. The number of rotatable bonds is 5. The van der Waals surface area contributed by atoms with Crippen molar-refractivity contribution in [3.63, 3.8) is 0 Å². The highest BCUT2D eigenvalue weighted by Gasteiger charge is 2.06. The molecule has 0 saturated heterocycles. The highest BCUT2D eigenvalue weighted by Crippen LogP contribution is 2.25. The topological polar surface area (TPSA) is 71.3 Å². The molecule has 0 aliphatic carbocycles. The summed E-state index contributed by atoms with van der Waals surface area (Å²) in [7, 11) is 1.58. The molecular formula is C12H14N2O3. The molecule has 1 rings (SSSR count). The molecule has 0 radical (unpaired) electrons. The molecule has 0 aliphatic rings. The number of benzene rings is 1. The molecule has 0 spiro atoms. The van der Waals surface area contributed by atoms with Gasteiger partial charge in [0.2, 0.25) is 5.91 Å². The van der Waals surface area contributed by atoms with Gasteiger partial charge in [0, 0.05) is 14.0 Å². The lowest BCUT2D eigenvalue weighted by Crippen LogP contribution is -2.10. The first-order valence-corrected chi connectivity index (χ1v) is 5.11. The van der Waals surface area contributed by atoms with Crippen molar-refractivity contribution in [2.75, 3.05) is 25.6 Å². The van der Waals surface area contributed by atoms with Crippen molar-refractivity contribution in [2.45, 2.75) is 6.92 Å². The molecule has 90 valence electrons. The van der Waals surface area contributed by atoms with Gasteiger partial charge in [-0.1, -0.05) is 0 Å². The summed E-state index contributed by atoms with van der Waals surface area (Å²) in [6.45, 7) is 2.24. The van der Waals surface area contributed by atoms with E-state index in [2.05, 4.69) is 5.32 Å². The molecule has 0 heterocycles. The van der Waals surface area contributed by atoms with E-state index >= 15 is 0 Å². The fourth-order valence-corrected chi connectivity index (χ4v) is 1.25. The number of methoxy groups -OCH3 is 1. The smallest absolute Gasteiger partial charge is 0.221 e. The minimum atomic E-state index is -0.211. The predicted octanol–water partition coefficient (Wildman–Crippen LogP) is 1.54. The number of nitrogens with zero attached hydrogens (tertiary/aromatic N) is 1. The van der Waals surface area contributed by atoms with Crippen LogP contribution in [0.2, 0.25) is 0 Å². The van der Waals surface area contributed by atoms with Gasteiger partial charge in [-0.3, -0.25) is 4.79 Å². The molecule has 0 bridgehead atoms. The van der Waals surface area contributed by atoms with E-state index in [4.69, 9.17) is 14.7 Å². The van der Waals surface area contributed by atoms with E-state index in [-0.39, 0.29) is 5.91 Å². The van der Waals surface area contributed by atoms with Crippen LogP contribution >= 0.6 is 0 Å². The largest absolute Gasteiger partial charge is 0.489 e. The monoisotopic (exact) mass is 234 g/mol. The number of carbonyl (C=O) groups is 1. The second-order valence-electron chi connectivity index (χ2n) is 3.35. The number of ether oxygens (including phenoxy) is 2. The number of nitrogens with one attached hydrogen (secondary N) is 1. The molecule has 0 unspecified atom stereocenters. The Balaban J connectivity index is 2.86. The van der Waals surface area contributed by atoms with Gasteiger partial charge < -0.3 is 14.8 Å². The van der Waals surface area contributed by atoms with Crippen LogP contribution in [0.5, 0.6) is 5.75 Å². The summed E-state index contributed by atoms with van der Waals surface area (Å²) in [5, 5.41) is 11.4. The Morgan fingerprint density at radius 3 is 2.82 bits per heavy atom. The SMILES string of the molecule is COCCOc1ccc(C#N)cc1NC(C)=O. The minimum absolute atomic E-state index is 0.211. The summed E-state index contributed by atoms with van der Waals surface area (Å²) in [4.78, 5) is 11.0. The summed E-state index contributed by atoms with van der Waals surface area (Å²) >= 11 is 0. The number of carbonyl (C=O) groups excluding carboxylic acids is 1. The van der Waals surface area contributed by atoms with E-state index in [0.29, 0.717) is 30.2 Å². The zero-order chi connectivity index (χ0) is 12.7. The fraction of sp³-hybridized carbons (Fsp3) is 0.333. The van der Waals surface area contributed by atoms with Crippen molar-refractivity contribution in [1.29, 1.82) is 5.26 Å². The lowest BCUT2D eigenvalue weighted by Gasteiger charge is -2.11. The number of anilines is 1. The molecule has 5 nitrogen and oxygen atoms in total. The highest BCUT2D eigenvalue weighted by molar-refractivity contribution is 5.90. The molecule has 0 aromatic heterocycles. The quantitative estimate of drug-likeness (QED) is 0.784. The molecule has 17 heavy (non-hydrogen) atoms. The molecule has 1 amide bonds. The van der Waals surface area contributed by atoms with Gasteiger partial charge in [-0.25, -0.2) is 0 Å². The second-order valence-corrected chi connectivity index (χ2v) is 3.35. The van der Waals surface area contributed by atoms with E-state index in [1.165, 1.54) is 6.92 Å². The van der Waals surface area contributed by atoms with Gasteiger partial charge in [0.1, 0.15) is 12.4 Å². The van der Waals surface area contributed by atoms with Gasteiger partial charge in [0.25, 0.3) is 0 Å². The predicted molar refractivity (Wildman–Crippen MR) is 62.8 cm³/mol. The van der Waals surface area contributed by atoms with Crippen LogP contribution in [0.1, 0.15) is 12.5 Å². The van der Waals surface area contributed by atoms with Crippen LogP contribution in [0.3, 0.4) is 0 Å². The molecule has 5 heteroatoms. The lowest BCUT2D eigenvalue weighted by atomic mass is 10.2. The normalized spacial score (nSPS) is 9.47. The van der Waals surface area contributed by atoms with Crippen molar-refractivity contribution in [3.05, 3.63) is 23.8 Å². The molecule has 0 atom stereocenters. The summed E-state index contributed by atoms with van der Waals surface area (Å²) in [6.07, 6.45) is 0. The average molecular weight is 234 g/mol. The number of amides is 1. The van der Waals surface area contributed by atoms with Gasteiger partial charge in [-0.15, -0.1) is 0 Å². The van der Waals surface area contributed by atoms with Gasteiger partial charge in [0.05, 0.1) is 23.9 Å². The Labute approximate surface area is 100.0 Å². The van der Waals surface area contributed by atoms with Crippen molar-refractivity contribution in [2.24, 2.45) is 0 Å². The average Bonchev–Trinajstić information content (AvgIpc) is 2.30. The molecule has 0 saturated carbocycles. The Morgan fingerprint density at radius 2 is 2.24 bits per heavy atom. The Hall–Kier alpha value is -2.06. The van der Waals surface area contributed by atoms with Crippen LogP contribution in [0, 0.1) is 11.3 Å². The van der Waals surface area contributed by atoms with Crippen molar-refractivity contribution in [1.82, 2.24) is 0 Å². The fourth-order valence-electron chi connectivity index (χ4n) is 1.25. The van der Waals surface area contributed by atoms with Crippen LogP contribution in [-0.2, 0) is 9.53 Å². The van der Waals surface area contributed by atoms with Crippen molar-refractivity contribution >= 4 is 11.6 Å². The van der Waals surface area contributed by atoms with Crippen LogP contribution in [0.15, 0.2) is 18.2 Å². The van der Waals surface area contributed by atoms with E-state index < -0.39 is 0 Å². The van der Waals surface area contributed by atoms with E-state index in [9.17, 15) is 4.79 Å². The zero-order valence-electron chi connectivity index (χ0n) is 9.82. The summed E-state index contributed by atoms with van der Waals surface area (Å²) in [6, 6.07) is 6.86. The van der Waals surface area contributed by atoms with Crippen LogP contribution in [-0.4, -0.2) is 26.2 Å². The molecule has 0 fully saturated rings. The maximum Gasteiger partial charge on any atom is 0.221 e. The van der Waals surface area contributed by atoms with E-state index in [1.807, 2.05) is 6.07 Å². The maximum atomic E-state index is 11.0. The Bertz CT molecular complexity index is 438. The van der Waals surface area contributed by atoms with Crippen LogP contribution < -0.4 is 10.1 Å². The summed E-state index contributed by atoms with van der Waals surface area (Å²) in [5.74, 6) is 0.313. The third kappa shape index (κ3) is 4.13. The first-order chi connectivity index (χ1) is 8.17. The minimum Gasteiger partial charge on any atom is -0.489 e. The standard InChI is InChI=1S/C12H14N2O3/c1-9(15)14-11-7-10(8-13)3-4-12(11)17-6-5-16-2/h3-4,7H,5-6H2,1-2H3,(H,14,15). The third-order valence-electron chi connectivity index (χ3n) is 1.96. The molecule has 1 aromatic carbocycles. The third-order valence-corrected chi connectivity index (χ3v) is 1.96. The van der Waals surface area contributed by atoms with Crippen molar-refractivity contribution in [3.8, 4) is 11.8 Å². The molecular weight excluding hydrogens is 220 g/mol. The first-order valence-electron chi connectivity index (χ1n) is 5.11. The van der Waals surface area contributed by atoms with Gasteiger partial charge in [-0.05, 0) is 18.2 Å². The zero-order valence-corrected chi connectivity index (χ0v) is 9.82. The first kappa shape index (κ1) is 13.0. The summed E-state index contributed by atoms with van der Waals surface area (Å²) < 4.78 is 10.3. The Morgan fingerprint density at radius 1 is 1.47 bits per heavy atom. The molecule has 1 N–H and O–H groups in total. The van der Waals surface area contributed by atoms with Crippen LogP contribution in [0.4, 0.5) is 5.69 Å². The summed E-state index contributed by atoms with van der Waals surface area (Å²) in [5.41, 5.74) is 0.959. The van der Waals surface area contributed by atoms with E-state index in [1.54, 1.807) is 25.3 Å². The van der Waals surface area contributed by atoms with Gasteiger partial charge >= 0.3 is 0 Å². The van der Waals surface area contributed by atoms with Crippen LogP contribution in [0.25, 0.3) is 0 Å². The number of nitriles is 1. The number of hydrogen-bond acceptors (Lipinski definition) is 4. The maximum absolute atomic E-state index is 11.0. The lowest BCUT2D eigenvalue weighted by molar-refractivity contribution is -0.114. The number of hydrogen-bond donors (Lipinski definition) is 1.